The fourth-order valence-corrected chi connectivity index (χ4v) is 2.88. The molecule has 1 aliphatic heterocycles. The first-order chi connectivity index (χ1) is 9.18. The van der Waals surface area contributed by atoms with Crippen LogP contribution in [-0.2, 0) is 21.4 Å². The summed E-state index contributed by atoms with van der Waals surface area (Å²) >= 11 is 0. The molecule has 0 atom stereocenters. The fraction of sp³-hybridized carbons (Fsp3) is 0.667. The maximum atomic E-state index is 5.53. The summed E-state index contributed by atoms with van der Waals surface area (Å²) in [6.45, 7) is 3.21. The van der Waals surface area contributed by atoms with E-state index in [1.54, 1.807) is 7.11 Å². The Hall–Kier alpha value is -0.970. The minimum absolute atomic E-state index is 0.0621. The SMILES string of the molecule is COCC1(c2cccnc2CN(C)C)CCOCC1. The Morgan fingerprint density at radius 1 is 1.37 bits per heavy atom. The van der Waals surface area contributed by atoms with Crippen molar-refractivity contribution in [3.63, 3.8) is 0 Å². The third-order valence-corrected chi connectivity index (χ3v) is 3.80. The van der Waals surface area contributed by atoms with Crippen LogP contribution in [0.1, 0.15) is 24.1 Å². The van der Waals surface area contributed by atoms with Gasteiger partial charge in [-0.3, -0.25) is 4.98 Å². The Morgan fingerprint density at radius 2 is 2.11 bits per heavy atom. The van der Waals surface area contributed by atoms with E-state index in [0.717, 1.165) is 44.9 Å². The van der Waals surface area contributed by atoms with Crippen molar-refractivity contribution in [3.8, 4) is 0 Å². The molecule has 0 spiro atoms. The highest BCUT2D eigenvalue weighted by Gasteiger charge is 2.36. The summed E-state index contributed by atoms with van der Waals surface area (Å²) in [7, 11) is 5.93. The number of rotatable bonds is 5. The van der Waals surface area contributed by atoms with Gasteiger partial charge in [-0.05, 0) is 38.6 Å². The fourth-order valence-electron chi connectivity index (χ4n) is 2.88. The topological polar surface area (TPSA) is 34.6 Å². The minimum atomic E-state index is 0.0621. The molecule has 1 fully saturated rings. The molecule has 0 amide bonds. The second-order valence-electron chi connectivity index (χ2n) is 5.56. The van der Waals surface area contributed by atoms with Crippen LogP contribution < -0.4 is 0 Å². The molecule has 1 aromatic rings. The largest absolute Gasteiger partial charge is 0.384 e. The van der Waals surface area contributed by atoms with Crippen molar-refractivity contribution in [2.75, 3.05) is 41.0 Å². The van der Waals surface area contributed by atoms with E-state index >= 15 is 0 Å². The highest BCUT2D eigenvalue weighted by Crippen LogP contribution is 2.36. The smallest absolute Gasteiger partial charge is 0.0582 e. The number of hydrogen-bond acceptors (Lipinski definition) is 4. The first-order valence-corrected chi connectivity index (χ1v) is 6.84. The summed E-state index contributed by atoms with van der Waals surface area (Å²) in [5.74, 6) is 0. The van der Waals surface area contributed by atoms with Gasteiger partial charge in [0.05, 0.1) is 12.3 Å². The van der Waals surface area contributed by atoms with Crippen molar-refractivity contribution in [1.82, 2.24) is 9.88 Å². The van der Waals surface area contributed by atoms with E-state index in [9.17, 15) is 0 Å². The zero-order valence-electron chi connectivity index (χ0n) is 12.2. The number of aromatic nitrogens is 1. The molecule has 4 nitrogen and oxygen atoms in total. The van der Waals surface area contributed by atoms with Crippen molar-refractivity contribution < 1.29 is 9.47 Å². The number of nitrogens with zero attached hydrogens (tertiary/aromatic N) is 2. The zero-order valence-corrected chi connectivity index (χ0v) is 12.2. The van der Waals surface area contributed by atoms with Gasteiger partial charge in [-0.1, -0.05) is 6.07 Å². The van der Waals surface area contributed by atoms with E-state index < -0.39 is 0 Å². The van der Waals surface area contributed by atoms with E-state index in [1.807, 2.05) is 12.3 Å². The van der Waals surface area contributed by atoms with E-state index in [4.69, 9.17) is 9.47 Å². The minimum Gasteiger partial charge on any atom is -0.384 e. The number of methoxy groups -OCH3 is 1. The van der Waals surface area contributed by atoms with Crippen molar-refractivity contribution in [2.24, 2.45) is 0 Å². The summed E-state index contributed by atoms with van der Waals surface area (Å²) in [6.07, 6.45) is 3.89. The molecule has 106 valence electrons. The Kier molecular flexibility index (Phi) is 4.91. The van der Waals surface area contributed by atoms with Crippen LogP contribution in [0.2, 0.25) is 0 Å². The van der Waals surface area contributed by atoms with Crippen LogP contribution in [-0.4, -0.2) is 50.9 Å². The molecular formula is C15H24N2O2. The lowest BCUT2D eigenvalue weighted by Gasteiger charge is -2.38. The average molecular weight is 264 g/mol. The summed E-state index contributed by atoms with van der Waals surface area (Å²) in [6, 6.07) is 4.23. The zero-order chi connectivity index (χ0) is 13.7. The number of hydrogen-bond donors (Lipinski definition) is 0. The van der Waals surface area contributed by atoms with Gasteiger partial charge in [-0.2, -0.15) is 0 Å². The molecule has 2 heterocycles. The lowest BCUT2D eigenvalue weighted by atomic mass is 9.74. The third kappa shape index (κ3) is 3.32. The molecule has 4 heteroatoms. The molecule has 1 aliphatic rings. The van der Waals surface area contributed by atoms with Crippen LogP contribution in [0.15, 0.2) is 18.3 Å². The summed E-state index contributed by atoms with van der Waals surface area (Å²) in [4.78, 5) is 6.74. The highest BCUT2D eigenvalue weighted by molar-refractivity contribution is 5.30. The van der Waals surface area contributed by atoms with Crippen LogP contribution in [0.3, 0.4) is 0 Å². The molecule has 0 aromatic carbocycles. The Labute approximate surface area is 115 Å². The van der Waals surface area contributed by atoms with Gasteiger partial charge in [0.1, 0.15) is 0 Å². The van der Waals surface area contributed by atoms with Crippen molar-refractivity contribution in [2.45, 2.75) is 24.8 Å². The third-order valence-electron chi connectivity index (χ3n) is 3.80. The Bertz CT molecular complexity index is 395. The van der Waals surface area contributed by atoms with Crippen molar-refractivity contribution in [3.05, 3.63) is 29.6 Å². The van der Waals surface area contributed by atoms with Gasteiger partial charge < -0.3 is 14.4 Å². The lowest BCUT2D eigenvalue weighted by molar-refractivity contribution is 0.0129. The first-order valence-electron chi connectivity index (χ1n) is 6.84. The molecule has 0 bridgehead atoms. The van der Waals surface area contributed by atoms with E-state index in [-0.39, 0.29) is 5.41 Å². The molecule has 0 radical (unpaired) electrons. The molecule has 19 heavy (non-hydrogen) atoms. The molecule has 0 unspecified atom stereocenters. The quantitative estimate of drug-likeness (QED) is 0.813. The van der Waals surface area contributed by atoms with Gasteiger partial charge in [0.2, 0.25) is 0 Å². The standard InChI is InChI=1S/C15H24N2O2/c1-17(2)11-14-13(5-4-8-16-14)15(12-18-3)6-9-19-10-7-15/h4-5,8H,6-7,9-12H2,1-3H3. The van der Waals surface area contributed by atoms with Gasteiger partial charge in [0, 0.05) is 38.5 Å². The van der Waals surface area contributed by atoms with Gasteiger partial charge in [0.25, 0.3) is 0 Å². The van der Waals surface area contributed by atoms with E-state index in [1.165, 1.54) is 5.56 Å². The predicted octanol–water partition coefficient (Wildman–Crippen LogP) is 1.84. The lowest BCUT2D eigenvalue weighted by Crippen LogP contribution is -2.39. The highest BCUT2D eigenvalue weighted by atomic mass is 16.5. The van der Waals surface area contributed by atoms with Gasteiger partial charge in [-0.15, -0.1) is 0 Å². The summed E-state index contributed by atoms with van der Waals surface area (Å²) in [5, 5.41) is 0. The molecule has 1 aromatic heterocycles. The summed E-state index contributed by atoms with van der Waals surface area (Å²) in [5.41, 5.74) is 2.55. The van der Waals surface area contributed by atoms with Crippen molar-refractivity contribution in [1.29, 1.82) is 0 Å². The molecule has 0 saturated carbocycles. The van der Waals surface area contributed by atoms with E-state index in [0.29, 0.717) is 0 Å². The van der Waals surface area contributed by atoms with Gasteiger partial charge in [0.15, 0.2) is 0 Å². The van der Waals surface area contributed by atoms with Crippen LogP contribution in [0.25, 0.3) is 0 Å². The predicted molar refractivity (Wildman–Crippen MR) is 75.2 cm³/mol. The van der Waals surface area contributed by atoms with Crippen LogP contribution in [0.5, 0.6) is 0 Å². The monoisotopic (exact) mass is 264 g/mol. The number of ether oxygens (including phenoxy) is 2. The maximum Gasteiger partial charge on any atom is 0.0582 e. The Balaban J connectivity index is 2.35. The second-order valence-corrected chi connectivity index (χ2v) is 5.56. The van der Waals surface area contributed by atoms with Crippen LogP contribution in [0, 0.1) is 0 Å². The second kappa shape index (κ2) is 6.46. The van der Waals surface area contributed by atoms with Crippen LogP contribution in [0.4, 0.5) is 0 Å². The average Bonchev–Trinajstić information content (AvgIpc) is 2.40. The van der Waals surface area contributed by atoms with Crippen LogP contribution >= 0.6 is 0 Å². The Morgan fingerprint density at radius 3 is 2.74 bits per heavy atom. The molecule has 0 aliphatic carbocycles. The van der Waals surface area contributed by atoms with Crippen molar-refractivity contribution >= 4 is 0 Å². The molecular weight excluding hydrogens is 240 g/mol. The molecule has 0 N–H and O–H groups in total. The van der Waals surface area contributed by atoms with Gasteiger partial charge >= 0.3 is 0 Å². The van der Waals surface area contributed by atoms with E-state index in [2.05, 4.69) is 30.0 Å². The normalized spacial score (nSPS) is 18.7. The molecule has 2 rings (SSSR count). The summed E-state index contributed by atoms with van der Waals surface area (Å²) < 4.78 is 11.0. The molecule has 1 saturated heterocycles. The first kappa shape index (κ1) is 14.4. The number of pyridine rings is 1. The van der Waals surface area contributed by atoms with Gasteiger partial charge in [-0.25, -0.2) is 0 Å². The maximum absolute atomic E-state index is 5.53.